The largest absolute Gasteiger partial charge is 0.371 e. The predicted molar refractivity (Wildman–Crippen MR) is 91.4 cm³/mol. The minimum absolute atomic E-state index is 0.0155. The number of piperidine rings is 1. The summed E-state index contributed by atoms with van der Waals surface area (Å²) in [6.07, 6.45) is 1.60. The Morgan fingerprint density at radius 1 is 1.13 bits per heavy atom. The molecule has 0 bridgehead atoms. The average molecular weight is 333 g/mol. The fourth-order valence-corrected chi connectivity index (χ4v) is 3.04. The number of hydrogen-bond acceptors (Lipinski definition) is 2. The minimum atomic E-state index is -0.485. The van der Waals surface area contributed by atoms with Crippen LogP contribution in [-0.2, 0) is 4.79 Å². The van der Waals surface area contributed by atoms with Crippen molar-refractivity contribution in [2.24, 2.45) is 5.92 Å². The van der Waals surface area contributed by atoms with Crippen molar-refractivity contribution in [3.05, 3.63) is 59.4 Å². The highest BCUT2D eigenvalue weighted by atomic mass is 35.5. The molecule has 2 aromatic rings. The Bertz CT molecular complexity index is 685. The van der Waals surface area contributed by atoms with Crippen LogP contribution in [0.5, 0.6) is 0 Å². The number of halogens is 2. The van der Waals surface area contributed by atoms with Gasteiger partial charge in [-0.05, 0) is 43.2 Å². The van der Waals surface area contributed by atoms with E-state index in [1.165, 1.54) is 23.9 Å². The molecule has 0 saturated carbocycles. The average Bonchev–Trinajstić information content (AvgIpc) is 2.59. The van der Waals surface area contributed by atoms with E-state index in [1.54, 1.807) is 0 Å². The van der Waals surface area contributed by atoms with E-state index in [1.807, 2.05) is 18.2 Å². The van der Waals surface area contributed by atoms with Crippen molar-refractivity contribution in [2.45, 2.75) is 12.8 Å². The number of carbonyl (C=O) groups excluding carboxylic acids is 1. The fourth-order valence-electron chi connectivity index (χ4n) is 2.86. The first-order valence-corrected chi connectivity index (χ1v) is 8.07. The third-order valence-electron chi connectivity index (χ3n) is 4.17. The number of anilines is 2. The predicted octanol–water partition coefficient (Wildman–Crippen LogP) is 4.33. The van der Waals surface area contributed by atoms with Crippen molar-refractivity contribution in [2.75, 3.05) is 23.3 Å². The number of amides is 1. The number of nitrogens with one attached hydrogen (secondary N) is 1. The summed E-state index contributed by atoms with van der Waals surface area (Å²) in [7, 11) is 0. The van der Waals surface area contributed by atoms with Crippen LogP contribution >= 0.6 is 11.6 Å². The maximum atomic E-state index is 13.1. The normalized spacial score (nSPS) is 15.5. The first-order valence-electron chi connectivity index (χ1n) is 7.69. The van der Waals surface area contributed by atoms with E-state index in [-0.39, 0.29) is 16.8 Å². The van der Waals surface area contributed by atoms with E-state index in [0.717, 1.165) is 25.9 Å². The van der Waals surface area contributed by atoms with Crippen molar-refractivity contribution in [1.82, 2.24) is 0 Å². The summed E-state index contributed by atoms with van der Waals surface area (Å²) in [5.41, 5.74) is 1.73. The highest BCUT2D eigenvalue weighted by Gasteiger charge is 2.25. The highest BCUT2D eigenvalue weighted by molar-refractivity contribution is 6.31. The van der Waals surface area contributed by atoms with Gasteiger partial charge in [0.25, 0.3) is 0 Å². The smallest absolute Gasteiger partial charge is 0.227 e. The molecule has 23 heavy (non-hydrogen) atoms. The zero-order valence-corrected chi connectivity index (χ0v) is 13.4. The van der Waals surface area contributed by atoms with E-state index in [2.05, 4.69) is 22.3 Å². The summed E-state index contributed by atoms with van der Waals surface area (Å²) < 4.78 is 13.1. The van der Waals surface area contributed by atoms with E-state index in [9.17, 15) is 9.18 Å². The second kappa shape index (κ2) is 7.01. The molecule has 1 aliphatic heterocycles. The molecular weight excluding hydrogens is 315 g/mol. The molecule has 3 rings (SSSR count). The number of benzene rings is 2. The quantitative estimate of drug-likeness (QED) is 0.907. The second-order valence-electron chi connectivity index (χ2n) is 5.72. The summed E-state index contributed by atoms with van der Waals surface area (Å²) >= 11 is 5.74. The number of nitrogens with zero attached hydrogens (tertiary/aromatic N) is 1. The Labute approximate surface area is 140 Å². The van der Waals surface area contributed by atoms with Gasteiger partial charge in [-0.15, -0.1) is 0 Å². The van der Waals surface area contributed by atoms with Crippen molar-refractivity contribution < 1.29 is 9.18 Å². The van der Waals surface area contributed by atoms with E-state index < -0.39 is 5.82 Å². The Balaban J connectivity index is 1.57. The first kappa shape index (κ1) is 15.8. The van der Waals surface area contributed by atoms with Gasteiger partial charge < -0.3 is 10.2 Å². The number of para-hydroxylation sites is 1. The van der Waals surface area contributed by atoms with Gasteiger partial charge in [0, 0.05) is 30.4 Å². The van der Waals surface area contributed by atoms with Gasteiger partial charge in [0.1, 0.15) is 5.82 Å². The Morgan fingerprint density at radius 2 is 1.83 bits per heavy atom. The molecule has 1 N–H and O–H groups in total. The van der Waals surface area contributed by atoms with Crippen molar-refractivity contribution in [3.63, 3.8) is 0 Å². The van der Waals surface area contributed by atoms with E-state index in [0.29, 0.717) is 5.69 Å². The molecule has 1 aliphatic rings. The van der Waals surface area contributed by atoms with Crippen molar-refractivity contribution in [1.29, 1.82) is 0 Å². The molecular formula is C18H18ClFN2O. The lowest BCUT2D eigenvalue weighted by Gasteiger charge is -2.33. The Kier molecular flexibility index (Phi) is 4.82. The summed E-state index contributed by atoms with van der Waals surface area (Å²) in [6.45, 7) is 1.71. The van der Waals surface area contributed by atoms with Gasteiger partial charge in [-0.25, -0.2) is 4.39 Å². The monoisotopic (exact) mass is 332 g/mol. The summed E-state index contributed by atoms with van der Waals surface area (Å²) in [6, 6.07) is 14.4. The lowest BCUT2D eigenvalue weighted by Crippen LogP contribution is -2.38. The summed E-state index contributed by atoms with van der Waals surface area (Å²) in [5.74, 6) is -0.542. The van der Waals surface area contributed by atoms with Crippen LogP contribution < -0.4 is 10.2 Å². The topological polar surface area (TPSA) is 32.3 Å². The zero-order valence-electron chi connectivity index (χ0n) is 12.6. The molecule has 1 fully saturated rings. The molecule has 0 unspecified atom stereocenters. The molecule has 3 nitrogen and oxygen atoms in total. The van der Waals surface area contributed by atoms with E-state index >= 15 is 0 Å². The van der Waals surface area contributed by atoms with Gasteiger partial charge in [-0.2, -0.15) is 0 Å². The Morgan fingerprint density at radius 3 is 2.48 bits per heavy atom. The fraction of sp³-hybridized carbons (Fsp3) is 0.278. The molecule has 120 valence electrons. The van der Waals surface area contributed by atoms with Crippen molar-refractivity contribution in [3.8, 4) is 0 Å². The number of carbonyl (C=O) groups is 1. The molecule has 1 amide bonds. The lowest BCUT2D eigenvalue weighted by molar-refractivity contribution is -0.120. The molecule has 1 heterocycles. The lowest BCUT2D eigenvalue weighted by atomic mass is 9.95. The van der Waals surface area contributed by atoms with Crippen LogP contribution in [0.4, 0.5) is 15.8 Å². The molecule has 0 aliphatic carbocycles. The number of rotatable bonds is 3. The highest BCUT2D eigenvalue weighted by Crippen LogP contribution is 2.25. The van der Waals surface area contributed by atoms with Gasteiger partial charge in [-0.1, -0.05) is 29.8 Å². The molecule has 1 saturated heterocycles. The third kappa shape index (κ3) is 3.82. The van der Waals surface area contributed by atoms with Crippen LogP contribution in [0, 0.1) is 11.7 Å². The van der Waals surface area contributed by atoms with Crippen LogP contribution in [0.3, 0.4) is 0 Å². The van der Waals surface area contributed by atoms with Gasteiger partial charge in [-0.3, -0.25) is 4.79 Å². The summed E-state index contributed by atoms with van der Waals surface area (Å²) in [4.78, 5) is 14.6. The molecule has 0 radical (unpaired) electrons. The molecule has 2 aromatic carbocycles. The number of hydrogen-bond donors (Lipinski definition) is 1. The Hall–Kier alpha value is -2.07. The first-order chi connectivity index (χ1) is 11.1. The van der Waals surface area contributed by atoms with Gasteiger partial charge in [0.05, 0.1) is 5.02 Å². The van der Waals surface area contributed by atoms with Gasteiger partial charge in [0.15, 0.2) is 0 Å². The maximum Gasteiger partial charge on any atom is 0.227 e. The van der Waals surface area contributed by atoms with Crippen LogP contribution in [-0.4, -0.2) is 19.0 Å². The standard InChI is InChI=1S/C18H18ClFN2O/c19-16-12-14(6-7-17(16)20)21-18(23)13-8-10-22(11-9-13)15-4-2-1-3-5-15/h1-7,12-13H,8-11H2,(H,21,23). The zero-order chi connectivity index (χ0) is 16.2. The third-order valence-corrected chi connectivity index (χ3v) is 4.46. The van der Waals surface area contributed by atoms with Crippen molar-refractivity contribution >= 4 is 28.9 Å². The van der Waals surface area contributed by atoms with Crippen LogP contribution in [0.15, 0.2) is 48.5 Å². The summed E-state index contributed by atoms with van der Waals surface area (Å²) in [5, 5.41) is 2.84. The van der Waals surface area contributed by atoms with Gasteiger partial charge in [0.2, 0.25) is 5.91 Å². The molecule has 5 heteroatoms. The minimum Gasteiger partial charge on any atom is -0.371 e. The molecule has 0 atom stereocenters. The second-order valence-corrected chi connectivity index (χ2v) is 6.12. The molecule has 0 spiro atoms. The molecule has 0 aromatic heterocycles. The van der Waals surface area contributed by atoms with E-state index in [4.69, 9.17) is 11.6 Å². The van der Waals surface area contributed by atoms with Crippen LogP contribution in [0.25, 0.3) is 0 Å². The maximum absolute atomic E-state index is 13.1. The SMILES string of the molecule is O=C(Nc1ccc(F)c(Cl)c1)C1CCN(c2ccccc2)CC1. The van der Waals surface area contributed by atoms with Crippen LogP contribution in [0.2, 0.25) is 5.02 Å². The van der Waals surface area contributed by atoms with Gasteiger partial charge >= 0.3 is 0 Å². The van der Waals surface area contributed by atoms with Crippen LogP contribution in [0.1, 0.15) is 12.8 Å².